The van der Waals surface area contributed by atoms with E-state index in [9.17, 15) is 8.42 Å². The number of aromatic nitrogens is 2. The fourth-order valence-corrected chi connectivity index (χ4v) is 6.64. The Morgan fingerprint density at radius 1 is 1.00 bits per heavy atom. The molecule has 2 aliphatic rings. The van der Waals surface area contributed by atoms with Crippen LogP contribution in [0.15, 0.2) is 41.3 Å². The summed E-state index contributed by atoms with van der Waals surface area (Å²) in [5.74, 6) is 1.87. The number of fused-ring (bicyclic) bond motifs is 2. The molecule has 0 bridgehead atoms. The second kappa shape index (κ2) is 9.08. The Morgan fingerprint density at radius 3 is 2.58 bits per heavy atom. The minimum absolute atomic E-state index is 0.350. The van der Waals surface area contributed by atoms with Crippen molar-refractivity contribution in [2.24, 2.45) is 0 Å². The summed E-state index contributed by atoms with van der Waals surface area (Å²) in [6.07, 6.45) is 3.97. The maximum Gasteiger partial charge on any atom is 0.243 e. The van der Waals surface area contributed by atoms with Crippen LogP contribution in [0.3, 0.4) is 0 Å². The fraction of sp³-hybridized carbons (Fsp3) is 0.480. The number of sulfonamides is 1. The number of hydrogen-bond donors (Lipinski definition) is 0. The molecule has 3 heterocycles. The Balaban J connectivity index is 1.42. The summed E-state index contributed by atoms with van der Waals surface area (Å²) in [5.41, 5.74) is 4.42. The average Bonchev–Trinajstić information content (AvgIpc) is 3.20. The van der Waals surface area contributed by atoms with Gasteiger partial charge in [0, 0.05) is 32.7 Å². The first kappa shape index (κ1) is 22.4. The van der Waals surface area contributed by atoms with Gasteiger partial charge in [-0.15, -0.1) is 0 Å². The minimum Gasteiger partial charge on any atom is -0.497 e. The highest BCUT2D eigenvalue weighted by Crippen LogP contribution is 2.28. The molecule has 0 spiro atoms. The third kappa shape index (κ3) is 4.27. The van der Waals surface area contributed by atoms with E-state index >= 15 is 0 Å². The number of benzene rings is 2. The maximum absolute atomic E-state index is 13.2. The molecule has 1 fully saturated rings. The molecule has 0 saturated carbocycles. The summed E-state index contributed by atoms with van der Waals surface area (Å²) < 4.78 is 35.5. The highest BCUT2D eigenvalue weighted by Gasteiger charge is 2.27. The molecule has 5 rings (SSSR count). The second-order valence-electron chi connectivity index (χ2n) is 8.98. The molecular formula is C25H32N4O3S. The van der Waals surface area contributed by atoms with Crippen LogP contribution in [0.1, 0.15) is 43.1 Å². The monoisotopic (exact) mass is 468 g/mol. The van der Waals surface area contributed by atoms with Crippen LogP contribution in [0, 0.1) is 0 Å². The molecule has 0 radical (unpaired) electrons. The van der Waals surface area contributed by atoms with E-state index in [4.69, 9.17) is 9.72 Å². The van der Waals surface area contributed by atoms with E-state index in [-0.39, 0.29) is 0 Å². The number of ether oxygens (including phenoxy) is 1. The summed E-state index contributed by atoms with van der Waals surface area (Å²) in [7, 11) is -1.77. The van der Waals surface area contributed by atoms with Gasteiger partial charge in [-0.1, -0.05) is 12.5 Å². The summed E-state index contributed by atoms with van der Waals surface area (Å²) in [6.45, 7) is 6.68. The van der Waals surface area contributed by atoms with Gasteiger partial charge in [0.2, 0.25) is 10.0 Å². The van der Waals surface area contributed by atoms with Crippen molar-refractivity contribution < 1.29 is 13.2 Å². The highest BCUT2D eigenvalue weighted by molar-refractivity contribution is 7.89. The lowest BCUT2D eigenvalue weighted by Gasteiger charge is -2.28. The normalized spacial score (nSPS) is 17.9. The lowest BCUT2D eigenvalue weighted by Crippen LogP contribution is -2.35. The van der Waals surface area contributed by atoms with Gasteiger partial charge in [-0.25, -0.2) is 13.4 Å². The fourth-order valence-electron chi connectivity index (χ4n) is 5.10. The molecule has 0 unspecified atom stereocenters. The topological polar surface area (TPSA) is 67.7 Å². The van der Waals surface area contributed by atoms with E-state index in [1.165, 1.54) is 11.1 Å². The summed E-state index contributed by atoms with van der Waals surface area (Å²) >= 11 is 0. The zero-order valence-corrected chi connectivity index (χ0v) is 20.3. The van der Waals surface area contributed by atoms with Gasteiger partial charge in [0.15, 0.2) is 0 Å². The Kier molecular flexibility index (Phi) is 6.16. The van der Waals surface area contributed by atoms with Gasteiger partial charge in [-0.2, -0.15) is 4.31 Å². The van der Waals surface area contributed by atoms with Crippen LogP contribution >= 0.6 is 0 Å². The highest BCUT2D eigenvalue weighted by atomic mass is 32.2. The molecule has 2 aromatic carbocycles. The molecule has 0 N–H and O–H groups in total. The van der Waals surface area contributed by atoms with Crippen LogP contribution < -0.4 is 4.74 Å². The summed E-state index contributed by atoms with van der Waals surface area (Å²) in [6, 6.07) is 11.7. The van der Waals surface area contributed by atoms with Crippen molar-refractivity contribution in [3.8, 4) is 5.75 Å². The lowest BCUT2D eigenvalue weighted by molar-refractivity contribution is 0.236. The van der Waals surface area contributed by atoms with E-state index in [1.54, 1.807) is 23.5 Å². The zero-order chi connectivity index (χ0) is 23.0. The first-order valence-corrected chi connectivity index (χ1v) is 13.3. The average molecular weight is 469 g/mol. The Labute approximate surface area is 196 Å². The number of aryl methyl sites for hydroxylation is 1. The van der Waals surface area contributed by atoms with Gasteiger partial charge in [0.05, 0.1) is 29.6 Å². The van der Waals surface area contributed by atoms with Crippen molar-refractivity contribution in [1.29, 1.82) is 0 Å². The third-order valence-corrected chi connectivity index (χ3v) is 8.83. The van der Waals surface area contributed by atoms with Crippen LogP contribution in [-0.2, 0) is 36.1 Å². The number of piperidine rings is 1. The van der Waals surface area contributed by atoms with Crippen molar-refractivity contribution in [2.45, 2.75) is 57.1 Å². The van der Waals surface area contributed by atoms with Crippen molar-refractivity contribution in [1.82, 2.24) is 18.8 Å². The Hall–Kier alpha value is -2.42. The molecule has 8 heteroatoms. The van der Waals surface area contributed by atoms with Crippen molar-refractivity contribution in [2.75, 3.05) is 26.7 Å². The number of nitrogens with zero attached hydrogens (tertiary/aromatic N) is 4. The van der Waals surface area contributed by atoms with Crippen molar-refractivity contribution in [3.63, 3.8) is 0 Å². The molecule has 0 amide bonds. The largest absolute Gasteiger partial charge is 0.497 e. The Morgan fingerprint density at radius 2 is 1.82 bits per heavy atom. The molecule has 1 aromatic heterocycles. The van der Waals surface area contributed by atoms with Crippen LogP contribution in [-0.4, -0.2) is 53.9 Å². The molecule has 3 aromatic rings. The summed E-state index contributed by atoms with van der Waals surface area (Å²) in [5, 5.41) is 0. The maximum atomic E-state index is 13.2. The lowest BCUT2D eigenvalue weighted by atomic mass is 9.99. The molecule has 2 aliphatic heterocycles. The van der Waals surface area contributed by atoms with Crippen LogP contribution in [0.5, 0.6) is 5.75 Å². The van der Waals surface area contributed by atoms with Crippen molar-refractivity contribution >= 4 is 21.1 Å². The second-order valence-corrected chi connectivity index (χ2v) is 10.9. The number of hydrogen-bond acceptors (Lipinski definition) is 5. The molecule has 7 nitrogen and oxygen atoms in total. The quantitative estimate of drug-likeness (QED) is 0.551. The van der Waals surface area contributed by atoms with Gasteiger partial charge in [0.1, 0.15) is 11.6 Å². The van der Waals surface area contributed by atoms with Gasteiger partial charge < -0.3 is 9.30 Å². The third-order valence-electron chi connectivity index (χ3n) is 6.94. The molecule has 1 saturated heterocycles. The molecule has 0 atom stereocenters. The summed E-state index contributed by atoms with van der Waals surface area (Å²) in [4.78, 5) is 7.65. The van der Waals surface area contributed by atoms with E-state index in [0.29, 0.717) is 18.0 Å². The Bertz CT molecular complexity index is 1260. The first-order valence-electron chi connectivity index (χ1n) is 11.9. The van der Waals surface area contributed by atoms with Gasteiger partial charge >= 0.3 is 0 Å². The predicted octanol–water partition coefficient (Wildman–Crippen LogP) is 3.80. The predicted molar refractivity (Wildman–Crippen MR) is 129 cm³/mol. The van der Waals surface area contributed by atoms with Crippen LogP contribution in [0.25, 0.3) is 11.0 Å². The number of imidazole rings is 1. The first-order chi connectivity index (χ1) is 16.0. The van der Waals surface area contributed by atoms with E-state index in [1.807, 2.05) is 12.1 Å². The smallest absolute Gasteiger partial charge is 0.243 e. The number of methoxy groups -OCH3 is 1. The van der Waals surface area contributed by atoms with Gasteiger partial charge in [-0.3, -0.25) is 4.90 Å². The van der Waals surface area contributed by atoms with Gasteiger partial charge in [-0.05, 0) is 67.6 Å². The standard InChI is InChI=1S/C25H32N4O3S/c1-3-29-24-10-9-22(33(30,31)28-12-5-4-6-13-28)16-23(24)26-25(29)18-27-14-11-19-7-8-21(32-2)15-20(19)17-27/h7-10,15-16H,3-6,11-14,17-18H2,1-2H3. The molecule has 0 aliphatic carbocycles. The van der Waals surface area contributed by atoms with E-state index < -0.39 is 10.0 Å². The van der Waals surface area contributed by atoms with Crippen LogP contribution in [0.4, 0.5) is 0 Å². The van der Waals surface area contributed by atoms with E-state index in [2.05, 4.69) is 28.5 Å². The van der Waals surface area contributed by atoms with Gasteiger partial charge in [0.25, 0.3) is 0 Å². The van der Waals surface area contributed by atoms with E-state index in [0.717, 1.165) is 74.5 Å². The molecule has 176 valence electrons. The zero-order valence-electron chi connectivity index (χ0n) is 19.5. The molecule has 33 heavy (non-hydrogen) atoms. The van der Waals surface area contributed by atoms with Crippen LogP contribution in [0.2, 0.25) is 0 Å². The SMILES string of the molecule is CCn1c(CN2CCc3ccc(OC)cc3C2)nc2cc(S(=O)(=O)N3CCCCC3)ccc21. The molecular weight excluding hydrogens is 436 g/mol. The minimum atomic E-state index is -3.47. The number of rotatable bonds is 6. The van der Waals surface area contributed by atoms with Crippen molar-refractivity contribution in [3.05, 3.63) is 53.3 Å².